The smallest absolute Gasteiger partial charge is 0.392 e. The molecule has 0 saturated heterocycles. The van der Waals surface area contributed by atoms with Crippen LogP contribution in [0, 0.1) is 0 Å². The van der Waals surface area contributed by atoms with Gasteiger partial charge in [-0.1, -0.05) is 71.1 Å². The monoisotopic (exact) mass is 380 g/mol. The van der Waals surface area contributed by atoms with Gasteiger partial charge in [0.15, 0.2) is 0 Å². The van der Waals surface area contributed by atoms with Crippen molar-refractivity contribution in [1.29, 1.82) is 0 Å². The molecule has 1 aromatic carbocycles. The lowest BCUT2D eigenvalue weighted by atomic mass is 10.1. The van der Waals surface area contributed by atoms with Gasteiger partial charge in [-0.05, 0) is 43.8 Å². The van der Waals surface area contributed by atoms with Crippen LogP contribution in [0.1, 0.15) is 77.6 Å². The second-order valence-electron chi connectivity index (χ2n) is 7.56. The minimum atomic E-state index is -2.11. The van der Waals surface area contributed by atoms with Crippen LogP contribution >= 0.6 is 0 Å². The van der Waals surface area contributed by atoms with E-state index in [9.17, 15) is 0 Å². The number of methoxy groups -OCH3 is 1. The molecule has 150 valence electrons. The Morgan fingerprint density at radius 2 is 1.15 bits per heavy atom. The SMILES string of the molecule is CCCCCCCCCCCCCO[Si](C)(C)Oc1ccc(OC)cc1. The molecule has 0 N–H and O–H groups in total. The molecule has 0 fully saturated rings. The Kier molecular flexibility index (Phi) is 12.5. The minimum absolute atomic E-state index is 0.812. The van der Waals surface area contributed by atoms with E-state index in [1.165, 1.54) is 64.2 Å². The molecule has 0 heterocycles. The molecule has 0 unspecified atom stereocenters. The highest BCUT2D eigenvalue weighted by Crippen LogP contribution is 2.21. The Morgan fingerprint density at radius 3 is 1.65 bits per heavy atom. The molecular weight excluding hydrogens is 340 g/mol. The average molecular weight is 381 g/mol. The summed E-state index contributed by atoms with van der Waals surface area (Å²) in [5.74, 6) is 1.71. The van der Waals surface area contributed by atoms with Gasteiger partial charge < -0.3 is 13.6 Å². The zero-order chi connectivity index (χ0) is 19.1. The van der Waals surface area contributed by atoms with Crippen molar-refractivity contribution < 1.29 is 13.6 Å². The molecule has 26 heavy (non-hydrogen) atoms. The van der Waals surface area contributed by atoms with Crippen LogP contribution in [0.25, 0.3) is 0 Å². The summed E-state index contributed by atoms with van der Waals surface area (Å²) in [6, 6.07) is 7.73. The van der Waals surface area contributed by atoms with Gasteiger partial charge in [-0.3, -0.25) is 0 Å². The van der Waals surface area contributed by atoms with Crippen molar-refractivity contribution in [3.63, 3.8) is 0 Å². The maximum atomic E-state index is 6.06. The van der Waals surface area contributed by atoms with E-state index in [2.05, 4.69) is 20.0 Å². The highest BCUT2D eigenvalue weighted by molar-refractivity contribution is 6.65. The lowest BCUT2D eigenvalue weighted by molar-refractivity contribution is 0.240. The summed E-state index contributed by atoms with van der Waals surface area (Å²) in [6.07, 6.45) is 14.9. The molecule has 0 saturated carbocycles. The molecule has 0 atom stereocenters. The van der Waals surface area contributed by atoms with Crippen LogP contribution in [-0.2, 0) is 4.43 Å². The third kappa shape index (κ3) is 11.6. The summed E-state index contributed by atoms with van der Waals surface area (Å²) in [7, 11) is -0.438. The first-order valence-corrected chi connectivity index (χ1v) is 13.4. The fraction of sp³-hybridized carbons (Fsp3) is 0.727. The maximum absolute atomic E-state index is 6.06. The highest BCUT2D eigenvalue weighted by Gasteiger charge is 2.26. The van der Waals surface area contributed by atoms with Crippen molar-refractivity contribution in [2.24, 2.45) is 0 Å². The van der Waals surface area contributed by atoms with Gasteiger partial charge in [0.2, 0.25) is 0 Å². The molecule has 0 aromatic heterocycles. The second kappa shape index (κ2) is 14.1. The predicted molar refractivity (Wildman–Crippen MR) is 114 cm³/mol. The first-order chi connectivity index (χ1) is 12.6. The van der Waals surface area contributed by atoms with E-state index in [0.717, 1.165) is 24.5 Å². The molecule has 1 aromatic rings. The second-order valence-corrected chi connectivity index (χ2v) is 10.9. The standard InChI is InChI=1S/C22H40O3Si/c1-5-6-7-8-9-10-11-12-13-14-15-20-24-26(3,4)25-22-18-16-21(23-2)17-19-22/h16-19H,5-15,20H2,1-4H3. The van der Waals surface area contributed by atoms with Crippen molar-refractivity contribution >= 4 is 8.56 Å². The number of rotatable bonds is 16. The molecule has 0 bridgehead atoms. The predicted octanol–water partition coefficient (Wildman–Crippen LogP) is 7.10. The molecule has 0 amide bonds. The maximum Gasteiger partial charge on any atom is 0.392 e. The first-order valence-electron chi connectivity index (χ1n) is 10.5. The number of hydrogen-bond acceptors (Lipinski definition) is 3. The van der Waals surface area contributed by atoms with Crippen molar-refractivity contribution in [2.45, 2.75) is 90.6 Å². The van der Waals surface area contributed by atoms with Crippen LogP contribution in [0.15, 0.2) is 24.3 Å². The molecular formula is C22H40O3Si. The van der Waals surface area contributed by atoms with Crippen molar-refractivity contribution in [1.82, 2.24) is 0 Å². The van der Waals surface area contributed by atoms with E-state index in [0.29, 0.717) is 0 Å². The van der Waals surface area contributed by atoms with E-state index in [1.54, 1.807) is 7.11 Å². The fourth-order valence-corrected chi connectivity index (χ4v) is 4.44. The summed E-state index contributed by atoms with van der Waals surface area (Å²) < 4.78 is 17.3. The van der Waals surface area contributed by atoms with E-state index < -0.39 is 8.56 Å². The van der Waals surface area contributed by atoms with Gasteiger partial charge in [-0.15, -0.1) is 0 Å². The summed E-state index contributed by atoms with van der Waals surface area (Å²) in [5, 5.41) is 0. The molecule has 0 spiro atoms. The van der Waals surface area contributed by atoms with E-state index in [4.69, 9.17) is 13.6 Å². The summed E-state index contributed by atoms with van der Waals surface area (Å²) >= 11 is 0. The summed E-state index contributed by atoms with van der Waals surface area (Å²) in [5.41, 5.74) is 0. The molecule has 0 aliphatic carbocycles. The topological polar surface area (TPSA) is 27.7 Å². The van der Waals surface area contributed by atoms with Gasteiger partial charge in [0.25, 0.3) is 0 Å². The van der Waals surface area contributed by atoms with Gasteiger partial charge in [-0.2, -0.15) is 0 Å². The first kappa shape index (κ1) is 23.0. The van der Waals surface area contributed by atoms with Gasteiger partial charge in [-0.25, -0.2) is 0 Å². The Balaban J connectivity index is 2.00. The van der Waals surface area contributed by atoms with Gasteiger partial charge in [0, 0.05) is 6.61 Å². The van der Waals surface area contributed by atoms with Crippen LogP contribution in [0.4, 0.5) is 0 Å². The largest absolute Gasteiger partial charge is 0.520 e. The molecule has 0 aliphatic heterocycles. The number of ether oxygens (including phenoxy) is 1. The highest BCUT2D eigenvalue weighted by atomic mass is 28.4. The molecule has 3 nitrogen and oxygen atoms in total. The van der Waals surface area contributed by atoms with Crippen LogP contribution in [0.3, 0.4) is 0 Å². The van der Waals surface area contributed by atoms with E-state index >= 15 is 0 Å². The van der Waals surface area contributed by atoms with Crippen LogP contribution in [-0.4, -0.2) is 22.3 Å². The van der Waals surface area contributed by atoms with Crippen molar-refractivity contribution in [3.8, 4) is 11.5 Å². The zero-order valence-corrected chi connectivity index (χ0v) is 18.5. The average Bonchev–Trinajstić information content (AvgIpc) is 2.63. The van der Waals surface area contributed by atoms with E-state index in [1.807, 2.05) is 24.3 Å². The third-order valence-electron chi connectivity index (χ3n) is 4.62. The molecule has 0 radical (unpaired) electrons. The lowest BCUT2D eigenvalue weighted by Gasteiger charge is -2.24. The Hall–Kier alpha value is -1.00. The van der Waals surface area contributed by atoms with Crippen molar-refractivity contribution in [3.05, 3.63) is 24.3 Å². The lowest BCUT2D eigenvalue weighted by Crippen LogP contribution is -2.38. The van der Waals surface area contributed by atoms with Crippen LogP contribution < -0.4 is 9.16 Å². The Bertz CT molecular complexity index is 445. The summed E-state index contributed by atoms with van der Waals surface area (Å²) in [4.78, 5) is 0. The van der Waals surface area contributed by atoms with Crippen LogP contribution in [0.5, 0.6) is 11.5 Å². The van der Waals surface area contributed by atoms with Crippen LogP contribution in [0.2, 0.25) is 13.1 Å². The normalized spacial score (nSPS) is 11.5. The van der Waals surface area contributed by atoms with Crippen molar-refractivity contribution in [2.75, 3.05) is 13.7 Å². The number of unbranched alkanes of at least 4 members (excludes halogenated alkanes) is 10. The number of hydrogen-bond donors (Lipinski definition) is 0. The fourth-order valence-electron chi connectivity index (χ4n) is 3.04. The van der Waals surface area contributed by atoms with Gasteiger partial charge >= 0.3 is 8.56 Å². The molecule has 4 heteroatoms. The minimum Gasteiger partial charge on any atom is -0.520 e. The molecule has 0 aliphatic rings. The van der Waals surface area contributed by atoms with Gasteiger partial charge in [0.1, 0.15) is 11.5 Å². The summed E-state index contributed by atoms with van der Waals surface area (Å²) in [6.45, 7) is 7.30. The van der Waals surface area contributed by atoms with Gasteiger partial charge in [0.05, 0.1) is 7.11 Å². The molecule has 1 rings (SSSR count). The quantitative estimate of drug-likeness (QED) is 0.226. The Labute approximate surface area is 162 Å². The zero-order valence-electron chi connectivity index (χ0n) is 17.5. The van der Waals surface area contributed by atoms with E-state index in [-0.39, 0.29) is 0 Å². The third-order valence-corrected chi connectivity index (χ3v) is 6.25. The Morgan fingerprint density at radius 1 is 0.692 bits per heavy atom. The number of benzene rings is 1.